The van der Waals surface area contributed by atoms with Gasteiger partial charge in [0.25, 0.3) is 10.2 Å². The Morgan fingerprint density at radius 2 is 1.50 bits per heavy atom. The summed E-state index contributed by atoms with van der Waals surface area (Å²) in [5, 5.41) is 8.90. The van der Waals surface area contributed by atoms with E-state index >= 15 is 0 Å². The molecule has 2 fully saturated rings. The number of aliphatic carboxylic acids is 1. The SMILES string of the molecule is NC(=O)C1CCN(S(=O)(=O)N2CCC(C(=O)O)CC2)C1. The summed E-state index contributed by atoms with van der Waals surface area (Å²) in [4.78, 5) is 21.9. The molecule has 2 heterocycles. The van der Waals surface area contributed by atoms with E-state index in [0.29, 0.717) is 19.3 Å². The molecule has 0 saturated carbocycles. The molecule has 9 heteroatoms. The van der Waals surface area contributed by atoms with Crippen molar-refractivity contribution in [3.63, 3.8) is 0 Å². The molecule has 1 atom stereocenters. The molecular weight excluding hydrogens is 286 g/mol. The molecule has 0 aliphatic carbocycles. The Bertz CT molecular complexity index is 498. The van der Waals surface area contributed by atoms with Crippen LogP contribution in [0.25, 0.3) is 0 Å². The number of rotatable bonds is 4. The van der Waals surface area contributed by atoms with Gasteiger partial charge in [0.1, 0.15) is 0 Å². The van der Waals surface area contributed by atoms with Gasteiger partial charge in [-0.15, -0.1) is 0 Å². The summed E-state index contributed by atoms with van der Waals surface area (Å²) in [6, 6.07) is 0. The van der Waals surface area contributed by atoms with Gasteiger partial charge in [0, 0.05) is 26.2 Å². The number of piperidine rings is 1. The fourth-order valence-electron chi connectivity index (χ4n) is 2.67. The number of amides is 1. The van der Waals surface area contributed by atoms with Crippen LogP contribution in [0.15, 0.2) is 0 Å². The van der Waals surface area contributed by atoms with Gasteiger partial charge in [0.05, 0.1) is 11.8 Å². The van der Waals surface area contributed by atoms with Gasteiger partial charge in [0.2, 0.25) is 5.91 Å². The maximum absolute atomic E-state index is 12.4. The summed E-state index contributed by atoms with van der Waals surface area (Å²) < 4.78 is 27.3. The van der Waals surface area contributed by atoms with E-state index in [1.54, 1.807) is 0 Å². The predicted molar refractivity (Wildman–Crippen MR) is 69.7 cm³/mol. The van der Waals surface area contributed by atoms with Crippen LogP contribution in [-0.2, 0) is 19.8 Å². The lowest BCUT2D eigenvalue weighted by Crippen LogP contribution is -2.47. The summed E-state index contributed by atoms with van der Waals surface area (Å²) in [7, 11) is -3.61. The third-order valence-electron chi connectivity index (χ3n) is 4.01. The summed E-state index contributed by atoms with van der Waals surface area (Å²) in [6.07, 6.45) is 1.09. The van der Waals surface area contributed by atoms with E-state index < -0.39 is 33.9 Å². The number of hydrogen-bond donors (Lipinski definition) is 2. The average molecular weight is 305 g/mol. The molecule has 0 aromatic rings. The Kier molecular flexibility index (Phi) is 4.31. The smallest absolute Gasteiger partial charge is 0.306 e. The number of nitrogens with zero attached hydrogens (tertiary/aromatic N) is 2. The molecule has 2 rings (SSSR count). The third kappa shape index (κ3) is 2.94. The molecule has 2 saturated heterocycles. The van der Waals surface area contributed by atoms with E-state index in [9.17, 15) is 18.0 Å². The second-order valence-corrected chi connectivity index (χ2v) is 7.19. The molecule has 0 spiro atoms. The number of nitrogens with two attached hydrogens (primary N) is 1. The highest BCUT2D eigenvalue weighted by atomic mass is 32.2. The van der Waals surface area contributed by atoms with Crippen molar-refractivity contribution < 1.29 is 23.1 Å². The normalized spacial score (nSPS) is 26.7. The quantitative estimate of drug-likeness (QED) is 0.678. The van der Waals surface area contributed by atoms with Crippen LogP contribution >= 0.6 is 0 Å². The monoisotopic (exact) mass is 305 g/mol. The predicted octanol–water partition coefficient (Wildman–Crippen LogP) is -1.16. The first kappa shape index (κ1) is 15.2. The minimum absolute atomic E-state index is 0.122. The van der Waals surface area contributed by atoms with Gasteiger partial charge >= 0.3 is 5.97 Å². The molecule has 0 aromatic carbocycles. The topological polar surface area (TPSA) is 121 Å². The Morgan fingerprint density at radius 1 is 1.00 bits per heavy atom. The molecular formula is C11H19N3O5S. The van der Waals surface area contributed by atoms with Crippen molar-refractivity contribution in [1.29, 1.82) is 0 Å². The highest BCUT2D eigenvalue weighted by molar-refractivity contribution is 7.86. The minimum Gasteiger partial charge on any atom is -0.481 e. The molecule has 1 amide bonds. The number of carboxylic acids is 1. The van der Waals surface area contributed by atoms with Crippen LogP contribution in [0, 0.1) is 11.8 Å². The summed E-state index contributed by atoms with van der Waals surface area (Å²) in [5.41, 5.74) is 5.19. The van der Waals surface area contributed by atoms with E-state index in [1.807, 2.05) is 0 Å². The van der Waals surface area contributed by atoms with Crippen molar-refractivity contribution in [2.75, 3.05) is 26.2 Å². The second kappa shape index (κ2) is 5.66. The zero-order chi connectivity index (χ0) is 14.9. The van der Waals surface area contributed by atoms with E-state index in [1.165, 1.54) is 8.61 Å². The fraction of sp³-hybridized carbons (Fsp3) is 0.818. The molecule has 2 aliphatic heterocycles. The summed E-state index contributed by atoms with van der Waals surface area (Å²) >= 11 is 0. The lowest BCUT2D eigenvalue weighted by atomic mass is 9.99. The molecule has 1 unspecified atom stereocenters. The first-order valence-corrected chi connectivity index (χ1v) is 7.99. The first-order valence-electron chi connectivity index (χ1n) is 6.59. The highest BCUT2D eigenvalue weighted by Crippen LogP contribution is 2.25. The highest BCUT2D eigenvalue weighted by Gasteiger charge is 2.39. The molecule has 0 radical (unpaired) electrons. The van der Waals surface area contributed by atoms with Gasteiger partial charge in [-0.2, -0.15) is 17.0 Å². The van der Waals surface area contributed by atoms with Gasteiger partial charge in [-0.25, -0.2) is 0 Å². The number of primary amides is 1. The minimum atomic E-state index is -3.61. The summed E-state index contributed by atoms with van der Waals surface area (Å²) in [5.74, 6) is -2.26. The Labute approximate surface area is 117 Å². The van der Waals surface area contributed by atoms with E-state index in [4.69, 9.17) is 10.8 Å². The Hall–Kier alpha value is -1.19. The number of carbonyl (C=O) groups is 2. The van der Waals surface area contributed by atoms with Crippen molar-refractivity contribution in [1.82, 2.24) is 8.61 Å². The first-order chi connectivity index (χ1) is 9.32. The zero-order valence-electron chi connectivity index (χ0n) is 11.1. The van der Waals surface area contributed by atoms with Gasteiger partial charge < -0.3 is 10.8 Å². The van der Waals surface area contributed by atoms with Crippen LogP contribution in [0.1, 0.15) is 19.3 Å². The van der Waals surface area contributed by atoms with Gasteiger partial charge in [-0.1, -0.05) is 0 Å². The van der Waals surface area contributed by atoms with Crippen LogP contribution < -0.4 is 5.73 Å². The van der Waals surface area contributed by atoms with Gasteiger partial charge in [0.15, 0.2) is 0 Å². The largest absolute Gasteiger partial charge is 0.481 e. The van der Waals surface area contributed by atoms with Crippen molar-refractivity contribution in [2.45, 2.75) is 19.3 Å². The lowest BCUT2D eigenvalue weighted by Gasteiger charge is -2.32. The maximum Gasteiger partial charge on any atom is 0.306 e. The van der Waals surface area contributed by atoms with E-state index in [-0.39, 0.29) is 26.2 Å². The van der Waals surface area contributed by atoms with Crippen LogP contribution in [0.2, 0.25) is 0 Å². The molecule has 0 aromatic heterocycles. The van der Waals surface area contributed by atoms with Crippen LogP contribution in [0.3, 0.4) is 0 Å². The zero-order valence-corrected chi connectivity index (χ0v) is 11.9. The van der Waals surface area contributed by atoms with E-state index in [0.717, 1.165) is 0 Å². The van der Waals surface area contributed by atoms with E-state index in [2.05, 4.69) is 0 Å². The van der Waals surface area contributed by atoms with Gasteiger partial charge in [-0.3, -0.25) is 9.59 Å². The van der Waals surface area contributed by atoms with Crippen LogP contribution in [0.4, 0.5) is 0 Å². The molecule has 8 nitrogen and oxygen atoms in total. The molecule has 0 bridgehead atoms. The average Bonchev–Trinajstić information content (AvgIpc) is 2.89. The molecule has 114 valence electrons. The maximum atomic E-state index is 12.4. The molecule has 2 aliphatic rings. The third-order valence-corrected chi connectivity index (χ3v) is 6.01. The van der Waals surface area contributed by atoms with Crippen molar-refractivity contribution in [3.05, 3.63) is 0 Å². The van der Waals surface area contributed by atoms with Crippen LogP contribution in [-0.4, -0.2) is 60.2 Å². The van der Waals surface area contributed by atoms with Gasteiger partial charge in [-0.05, 0) is 19.3 Å². The number of carboxylic acid groups (broad SMARTS) is 1. The lowest BCUT2D eigenvalue weighted by molar-refractivity contribution is -0.143. The number of hydrogen-bond acceptors (Lipinski definition) is 4. The van der Waals surface area contributed by atoms with Crippen molar-refractivity contribution in [3.8, 4) is 0 Å². The van der Waals surface area contributed by atoms with Crippen molar-refractivity contribution in [2.24, 2.45) is 17.6 Å². The Balaban J connectivity index is 1.98. The van der Waals surface area contributed by atoms with Crippen molar-refractivity contribution >= 4 is 22.1 Å². The molecule has 3 N–H and O–H groups in total. The molecule has 20 heavy (non-hydrogen) atoms. The summed E-state index contributed by atoms with van der Waals surface area (Å²) in [6.45, 7) is 0.819. The standard InChI is InChI=1S/C11H19N3O5S/c12-10(15)9-3-6-14(7-9)20(18,19)13-4-1-8(2-5-13)11(16)17/h8-9H,1-7H2,(H2,12,15)(H,16,17). The second-order valence-electron chi connectivity index (χ2n) is 5.27. The van der Waals surface area contributed by atoms with Crippen LogP contribution in [0.5, 0.6) is 0 Å². The number of carbonyl (C=O) groups excluding carboxylic acids is 1. The fourth-order valence-corrected chi connectivity index (χ4v) is 4.37. The Morgan fingerprint density at radius 3 is 1.95 bits per heavy atom.